The van der Waals surface area contributed by atoms with Gasteiger partial charge in [-0.25, -0.2) is 0 Å². The lowest BCUT2D eigenvalue weighted by Crippen LogP contribution is -2.37. The Balaban J connectivity index is 2.11. The van der Waals surface area contributed by atoms with Crippen LogP contribution in [0.4, 0.5) is 5.69 Å². The number of methoxy groups -OCH3 is 1. The molecule has 0 amide bonds. The molecule has 0 bridgehead atoms. The highest BCUT2D eigenvalue weighted by atomic mass is 16.6. The Morgan fingerprint density at radius 1 is 1.48 bits per heavy atom. The second kappa shape index (κ2) is 6.10. The molecule has 1 aromatic rings. The average molecular weight is 289 g/mol. The number of benzene rings is 1. The van der Waals surface area contributed by atoms with Gasteiger partial charge in [0.05, 0.1) is 23.5 Å². The van der Waals surface area contributed by atoms with Gasteiger partial charge in [-0.15, -0.1) is 0 Å². The number of nitriles is 1. The smallest absolute Gasteiger partial charge is 0.270 e. The van der Waals surface area contributed by atoms with Gasteiger partial charge in [0.25, 0.3) is 5.69 Å². The Kier molecular flexibility index (Phi) is 4.43. The van der Waals surface area contributed by atoms with Crippen molar-refractivity contribution in [3.63, 3.8) is 0 Å². The van der Waals surface area contributed by atoms with E-state index in [0.717, 1.165) is 31.5 Å². The van der Waals surface area contributed by atoms with Crippen LogP contribution in [-0.2, 0) is 6.54 Å². The van der Waals surface area contributed by atoms with Crippen LogP contribution < -0.4 is 4.74 Å². The minimum absolute atomic E-state index is 0.0738. The summed E-state index contributed by atoms with van der Waals surface area (Å²) in [5, 5.41) is 20.0. The SMILES string of the molecule is COc1ccc([N+](=O)[O-])cc1CN1CCC(C)(C#N)CC1. The van der Waals surface area contributed by atoms with E-state index in [9.17, 15) is 10.1 Å². The van der Waals surface area contributed by atoms with Crippen LogP contribution in [0.2, 0.25) is 0 Å². The van der Waals surface area contributed by atoms with Gasteiger partial charge in [-0.2, -0.15) is 5.26 Å². The molecule has 0 aliphatic carbocycles. The maximum atomic E-state index is 10.9. The fraction of sp³-hybridized carbons (Fsp3) is 0.533. The van der Waals surface area contributed by atoms with Crippen molar-refractivity contribution in [3.05, 3.63) is 33.9 Å². The molecule has 1 heterocycles. The second-order valence-corrected chi connectivity index (χ2v) is 5.70. The van der Waals surface area contributed by atoms with E-state index in [4.69, 9.17) is 10.00 Å². The van der Waals surface area contributed by atoms with E-state index in [1.54, 1.807) is 19.2 Å². The molecule has 1 aromatic carbocycles. The first-order valence-electron chi connectivity index (χ1n) is 6.92. The topological polar surface area (TPSA) is 79.4 Å². The van der Waals surface area contributed by atoms with Crippen molar-refractivity contribution in [1.29, 1.82) is 5.26 Å². The Labute approximate surface area is 124 Å². The predicted octanol–water partition coefficient (Wildman–Crippen LogP) is 2.73. The number of hydrogen-bond donors (Lipinski definition) is 0. The molecular formula is C15H19N3O3. The van der Waals surface area contributed by atoms with E-state index in [2.05, 4.69) is 11.0 Å². The van der Waals surface area contributed by atoms with Crippen molar-refractivity contribution in [2.45, 2.75) is 26.3 Å². The summed E-state index contributed by atoms with van der Waals surface area (Å²) in [5.41, 5.74) is 0.639. The third kappa shape index (κ3) is 3.50. The van der Waals surface area contributed by atoms with Gasteiger partial charge in [-0.1, -0.05) is 0 Å². The maximum Gasteiger partial charge on any atom is 0.270 e. The van der Waals surface area contributed by atoms with E-state index in [0.29, 0.717) is 12.3 Å². The normalized spacial score (nSPS) is 18.0. The molecule has 1 aliphatic heterocycles. The van der Waals surface area contributed by atoms with Crippen LogP contribution >= 0.6 is 0 Å². The predicted molar refractivity (Wildman–Crippen MR) is 77.9 cm³/mol. The molecule has 0 unspecified atom stereocenters. The standard InChI is InChI=1S/C15H19N3O3/c1-15(11-16)5-7-17(8-6-15)10-12-9-13(18(19)20)3-4-14(12)21-2/h3-4,9H,5-8,10H2,1-2H3. The Morgan fingerprint density at radius 3 is 2.67 bits per heavy atom. The molecule has 1 aliphatic rings. The van der Waals surface area contributed by atoms with E-state index >= 15 is 0 Å². The number of rotatable bonds is 4. The third-order valence-electron chi connectivity index (χ3n) is 4.10. The average Bonchev–Trinajstić information content (AvgIpc) is 2.49. The minimum atomic E-state index is -0.397. The highest BCUT2D eigenvalue weighted by molar-refractivity contribution is 5.43. The highest BCUT2D eigenvalue weighted by Gasteiger charge is 2.30. The van der Waals surface area contributed by atoms with Crippen LogP contribution in [0.3, 0.4) is 0 Å². The first kappa shape index (κ1) is 15.3. The first-order chi connectivity index (χ1) is 9.97. The summed E-state index contributed by atoms with van der Waals surface area (Å²) in [6, 6.07) is 7.02. The van der Waals surface area contributed by atoms with Crippen molar-refractivity contribution in [2.75, 3.05) is 20.2 Å². The number of nitro benzene ring substituents is 1. The largest absolute Gasteiger partial charge is 0.496 e. The van der Waals surface area contributed by atoms with Crippen LogP contribution in [0.25, 0.3) is 0 Å². The second-order valence-electron chi connectivity index (χ2n) is 5.70. The van der Waals surface area contributed by atoms with Crippen molar-refractivity contribution in [2.24, 2.45) is 5.41 Å². The van der Waals surface area contributed by atoms with Gasteiger partial charge >= 0.3 is 0 Å². The van der Waals surface area contributed by atoms with Crippen LogP contribution in [-0.4, -0.2) is 30.0 Å². The molecule has 1 saturated heterocycles. The van der Waals surface area contributed by atoms with Gasteiger partial charge in [0.15, 0.2) is 0 Å². The van der Waals surface area contributed by atoms with E-state index < -0.39 is 4.92 Å². The minimum Gasteiger partial charge on any atom is -0.496 e. The molecule has 112 valence electrons. The molecule has 6 heteroatoms. The van der Waals surface area contributed by atoms with Gasteiger partial charge < -0.3 is 4.74 Å². The number of non-ortho nitro benzene ring substituents is 1. The fourth-order valence-corrected chi connectivity index (χ4v) is 2.56. The van der Waals surface area contributed by atoms with Gasteiger partial charge in [0.1, 0.15) is 5.75 Å². The summed E-state index contributed by atoms with van der Waals surface area (Å²) in [6.07, 6.45) is 1.64. The first-order valence-corrected chi connectivity index (χ1v) is 6.92. The lowest BCUT2D eigenvalue weighted by Gasteiger charge is -2.35. The molecule has 0 aromatic heterocycles. The lowest BCUT2D eigenvalue weighted by atomic mass is 9.82. The van der Waals surface area contributed by atoms with Crippen LogP contribution in [0.15, 0.2) is 18.2 Å². The number of nitrogens with zero attached hydrogens (tertiary/aromatic N) is 3. The van der Waals surface area contributed by atoms with Crippen LogP contribution in [0.5, 0.6) is 5.75 Å². The fourth-order valence-electron chi connectivity index (χ4n) is 2.56. The molecule has 21 heavy (non-hydrogen) atoms. The molecular weight excluding hydrogens is 270 g/mol. The summed E-state index contributed by atoms with van der Waals surface area (Å²) in [7, 11) is 1.56. The lowest BCUT2D eigenvalue weighted by molar-refractivity contribution is -0.385. The number of piperidine rings is 1. The van der Waals surface area contributed by atoms with E-state index in [1.807, 2.05) is 6.92 Å². The number of hydrogen-bond acceptors (Lipinski definition) is 5. The number of likely N-dealkylation sites (tertiary alicyclic amines) is 1. The molecule has 0 radical (unpaired) electrons. The van der Waals surface area contributed by atoms with Gasteiger partial charge in [0, 0.05) is 24.2 Å². The van der Waals surface area contributed by atoms with E-state index in [-0.39, 0.29) is 11.1 Å². The monoisotopic (exact) mass is 289 g/mol. The maximum absolute atomic E-state index is 10.9. The zero-order valence-corrected chi connectivity index (χ0v) is 12.3. The van der Waals surface area contributed by atoms with Gasteiger partial charge in [0.2, 0.25) is 0 Å². The molecule has 2 rings (SSSR count). The molecule has 6 nitrogen and oxygen atoms in total. The highest BCUT2D eigenvalue weighted by Crippen LogP contribution is 2.32. The van der Waals surface area contributed by atoms with Gasteiger partial charge in [-0.05, 0) is 38.9 Å². The van der Waals surface area contributed by atoms with Crippen molar-refractivity contribution in [1.82, 2.24) is 4.90 Å². The molecule has 0 spiro atoms. The Hall–Kier alpha value is -2.13. The summed E-state index contributed by atoms with van der Waals surface area (Å²) >= 11 is 0. The molecule has 0 saturated carbocycles. The van der Waals surface area contributed by atoms with Crippen molar-refractivity contribution < 1.29 is 9.66 Å². The van der Waals surface area contributed by atoms with Crippen molar-refractivity contribution >= 4 is 5.69 Å². The van der Waals surface area contributed by atoms with Crippen LogP contribution in [0, 0.1) is 26.9 Å². The number of ether oxygens (including phenoxy) is 1. The summed E-state index contributed by atoms with van der Waals surface area (Å²) in [4.78, 5) is 12.7. The molecule has 0 atom stereocenters. The zero-order chi connectivity index (χ0) is 15.5. The zero-order valence-electron chi connectivity index (χ0n) is 12.3. The quantitative estimate of drug-likeness (QED) is 0.629. The van der Waals surface area contributed by atoms with Crippen LogP contribution in [0.1, 0.15) is 25.3 Å². The molecule has 1 fully saturated rings. The number of nitro groups is 1. The molecule has 0 N–H and O–H groups in total. The third-order valence-corrected chi connectivity index (χ3v) is 4.10. The summed E-state index contributed by atoms with van der Waals surface area (Å²) in [5.74, 6) is 0.661. The van der Waals surface area contributed by atoms with Crippen molar-refractivity contribution in [3.8, 4) is 11.8 Å². The Morgan fingerprint density at radius 2 is 2.14 bits per heavy atom. The Bertz CT molecular complexity index is 572. The summed E-state index contributed by atoms with van der Waals surface area (Å²) in [6.45, 7) is 4.22. The van der Waals surface area contributed by atoms with Gasteiger partial charge in [-0.3, -0.25) is 15.0 Å². The van der Waals surface area contributed by atoms with E-state index in [1.165, 1.54) is 6.07 Å². The summed E-state index contributed by atoms with van der Waals surface area (Å²) < 4.78 is 5.28.